The molecule has 1 heterocycles. The lowest BCUT2D eigenvalue weighted by Gasteiger charge is -2.24. The van der Waals surface area contributed by atoms with Crippen LogP contribution in [-0.2, 0) is 6.54 Å². The molecular formula is C16H19NO3. The number of aryl methyl sites for hydroxylation is 2. The first-order valence-corrected chi connectivity index (χ1v) is 6.66. The van der Waals surface area contributed by atoms with Crippen LogP contribution in [0, 0.1) is 13.8 Å². The summed E-state index contributed by atoms with van der Waals surface area (Å²) < 4.78 is 5.26. The molecule has 20 heavy (non-hydrogen) atoms. The molecule has 0 fully saturated rings. The SMILES string of the molecule is CCN(Cc1cc(C(=O)O)oc1C)c1ccccc1C. The van der Waals surface area contributed by atoms with Gasteiger partial charge >= 0.3 is 5.97 Å². The molecule has 0 aliphatic carbocycles. The van der Waals surface area contributed by atoms with Gasteiger partial charge in [-0.15, -0.1) is 0 Å². The Bertz CT molecular complexity index is 616. The number of carboxylic acid groups (broad SMARTS) is 1. The van der Waals surface area contributed by atoms with E-state index in [4.69, 9.17) is 9.52 Å². The Morgan fingerprint density at radius 3 is 2.55 bits per heavy atom. The highest BCUT2D eigenvalue weighted by molar-refractivity contribution is 5.84. The quantitative estimate of drug-likeness (QED) is 0.904. The highest BCUT2D eigenvalue weighted by atomic mass is 16.4. The van der Waals surface area contributed by atoms with Crippen LogP contribution in [0.1, 0.15) is 34.4 Å². The van der Waals surface area contributed by atoms with Crippen LogP contribution in [0.5, 0.6) is 0 Å². The third-order valence-corrected chi connectivity index (χ3v) is 3.43. The first-order chi connectivity index (χ1) is 9.52. The van der Waals surface area contributed by atoms with Gasteiger partial charge in [0.25, 0.3) is 0 Å². The molecule has 0 bridgehead atoms. The van der Waals surface area contributed by atoms with Gasteiger partial charge in [-0.25, -0.2) is 4.79 Å². The van der Waals surface area contributed by atoms with Crippen molar-refractivity contribution in [2.24, 2.45) is 0 Å². The normalized spacial score (nSPS) is 10.6. The molecule has 0 saturated carbocycles. The Morgan fingerprint density at radius 1 is 1.30 bits per heavy atom. The second kappa shape index (κ2) is 5.82. The van der Waals surface area contributed by atoms with Crippen molar-refractivity contribution in [3.8, 4) is 0 Å². The maximum absolute atomic E-state index is 10.9. The number of hydrogen-bond acceptors (Lipinski definition) is 3. The van der Waals surface area contributed by atoms with Crippen LogP contribution in [0.2, 0.25) is 0 Å². The van der Waals surface area contributed by atoms with Gasteiger partial charge in [-0.1, -0.05) is 18.2 Å². The molecule has 1 aromatic carbocycles. The molecule has 0 unspecified atom stereocenters. The molecule has 0 saturated heterocycles. The van der Waals surface area contributed by atoms with E-state index in [2.05, 4.69) is 30.9 Å². The van der Waals surface area contributed by atoms with Crippen LogP contribution < -0.4 is 4.90 Å². The maximum atomic E-state index is 10.9. The predicted octanol–water partition coefficient (Wildman–Crippen LogP) is 3.62. The van der Waals surface area contributed by atoms with Gasteiger partial charge in [0.2, 0.25) is 5.76 Å². The standard InChI is InChI=1S/C16H19NO3/c1-4-17(14-8-6-5-7-11(14)2)10-13-9-15(16(18)19)20-12(13)3/h5-9H,4,10H2,1-3H3,(H,18,19). The van der Waals surface area contributed by atoms with E-state index >= 15 is 0 Å². The molecule has 0 aliphatic heterocycles. The van der Waals surface area contributed by atoms with E-state index in [-0.39, 0.29) is 5.76 Å². The van der Waals surface area contributed by atoms with Crippen molar-refractivity contribution in [1.82, 2.24) is 0 Å². The molecule has 1 N–H and O–H groups in total. The number of para-hydroxylation sites is 1. The van der Waals surface area contributed by atoms with Crippen LogP contribution >= 0.6 is 0 Å². The van der Waals surface area contributed by atoms with E-state index in [1.807, 2.05) is 12.1 Å². The third kappa shape index (κ3) is 2.85. The van der Waals surface area contributed by atoms with Crippen molar-refractivity contribution in [2.45, 2.75) is 27.3 Å². The van der Waals surface area contributed by atoms with Crippen molar-refractivity contribution in [2.75, 3.05) is 11.4 Å². The number of hydrogen-bond donors (Lipinski definition) is 1. The van der Waals surface area contributed by atoms with Crippen molar-refractivity contribution >= 4 is 11.7 Å². The molecule has 1 aromatic heterocycles. The summed E-state index contributed by atoms with van der Waals surface area (Å²) in [6.07, 6.45) is 0. The molecule has 106 valence electrons. The second-order valence-corrected chi connectivity index (χ2v) is 4.80. The fourth-order valence-electron chi connectivity index (χ4n) is 2.27. The Kier molecular flexibility index (Phi) is 4.13. The predicted molar refractivity (Wildman–Crippen MR) is 78.3 cm³/mol. The number of nitrogens with zero attached hydrogens (tertiary/aromatic N) is 1. The van der Waals surface area contributed by atoms with E-state index in [1.165, 1.54) is 5.56 Å². The van der Waals surface area contributed by atoms with Crippen molar-refractivity contribution in [3.05, 3.63) is 53.0 Å². The van der Waals surface area contributed by atoms with Crippen LogP contribution in [0.25, 0.3) is 0 Å². The number of benzene rings is 1. The molecule has 0 amide bonds. The fourth-order valence-corrected chi connectivity index (χ4v) is 2.27. The van der Waals surface area contributed by atoms with Crippen LogP contribution in [0.3, 0.4) is 0 Å². The summed E-state index contributed by atoms with van der Waals surface area (Å²) in [7, 11) is 0. The lowest BCUT2D eigenvalue weighted by atomic mass is 10.1. The average Bonchev–Trinajstić information content (AvgIpc) is 2.78. The Balaban J connectivity index is 2.27. The molecule has 4 heteroatoms. The van der Waals surface area contributed by atoms with Crippen molar-refractivity contribution < 1.29 is 14.3 Å². The Labute approximate surface area is 118 Å². The molecule has 0 radical (unpaired) electrons. The molecule has 0 spiro atoms. The molecule has 0 atom stereocenters. The zero-order valence-electron chi connectivity index (χ0n) is 12.0. The lowest BCUT2D eigenvalue weighted by Crippen LogP contribution is -2.22. The van der Waals surface area contributed by atoms with Gasteiger partial charge < -0.3 is 14.4 Å². The zero-order chi connectivity index (χ0) is 14.7. The number of anilines is 1. The molecule has 0 aliphatic rings. The summed E-state index contributed by atoms with van der Waals surface area (Å²) in [5, 5.41) is 8.97. The number of furan rings is 1. The number of carboxylic acids is 1. The maximum Gasteiger partial charge on any atom is 0.371 e. The Morgan fingerprint density at radius 2 is 2.00 bits per heavy atom. The summed E-state index contributed by atoms with van der Waals surface area (Å²) in [6, 6.07) is 9.78. The van der Waals surface area contributed by atoms with Crippen LogP contribution in [-0.4, -0.2) is 17.6 Å². The van der Waals surface area contributed by atoms with Gasteiger partial charge in [-0.05, 0) is 38.5 Å². The second-order valence-electron chi connectivity index (χ2n) is 4.80. The smallest absolute Gasteiger partial charge is 0.371 e. The van der Waals surface area contributed by atoms with E-state index in [9.17, 15) is 4.79 Å². The summed E-state index contributed by atoms with van der Waals surface area (Å²) >= 11 is 0. The van der Waals surface area contributed by atoms with Crippen molar-refractivity contribution in [1.29, 1.82) is 0 Å². The molecular weight excluding hydrogens is 254 g/mol. The minimum atomic E-state index is -1.03. The molecule has 4 nitrogen and oxygen atoms in total. The van der Waals surface area contributed by atoms with Crippen LogP contribution in [0.4, 0.5) is 5.69 Å². The van der Waals surface area contributed by atoms with Gasteiger partial charge in [0.1, 0.15) is 5.76 Å². The number of carbonyl (C=O) groups is 1. The third-order valence-electron chi connectivity index (χ3n) is 3.43. The van der Waals surface area contributed by atoms with E-state index in [0.29, 0.717) is 12.3 Å². The average molecular weight is 273 g/mol. The van der Waals surface area contributed by atoms with E-state index in [1.54, 1.807) is 13.0 Å². The van der Waals surface area contributed by atoms with E-state index in [0.717, 1.165) is 17.8 Å². The zero-order valence-corrected chi connectivity index (χ0v) is 12.0. The Hall–Kier alpha value is -2.23. The summed E-state index contributed by atoms with van der Waals surface area (Å²) in [4.78, 5) is 13.1. The van der Waals surface area contributed by atoms with E-state index < -0.39 is 5.97 Å². The topological polar surface area (TPSA) is 53.7 Å². The number of aromatic carboxylic acids is 1. The lowest BCUT2D eigenvalue weighted by molar-refractivity contribution is 0.0661. The van der Waals surface area contributed by atoms with Gasteiger partial charge in [0.05, 0.1) is 0 Å². The largest absolute Gasteiger partial charge is 0.475 e. The van der Waals surface area contributed by atoms with Gasteiger partial charge in [-0.2, -0.15) is 0 Å². The first-order valence-electron chi connectivity index (χ1n) is 6.66. The summed E-state index contributed by atoms with van der Waals surface area (Å²) in [5.41, 5.74) is 3.27. The van der Waals surface area contributed by atoms with Crippen LogP contribution in [0.15, 0.2) is 34.7 Å². The molecule has 2 rings (SSSR count). The van der Waals surface area contributed by atoms with Crippen molar-refractivity contribution in [3.63, 3.8) is 0 Å². The highest BCUT2D eigenvalue weighted by Gasteiger charge is 2.16. The van der Waals surface area contributed by atoms with Gasteiger partial charge in [0, 0.05) is 24.3 Å². The monoisotopic (exact) mass is 273 g/mol. The van der Waals surface area contributed by atoms with Gasteiger partial charge in [0.15, 0.2) is 0 Å². The minimum absolute atomic E-state index is 0.00154. The summed E-state index contributed by atoms with van der Waals surface area (Å²) in [6.45, 7) is 7.44. The summed E-state index contributed by atoms with van der Waals surface area (Å²) in [5.74, 6) is -0.369. The molecule has 2 aromatic rings. The fraction of sp³-hybridized carbons (Fsp3) is 0.312. The number of rotatable bonds is 5. The highest BCUT2D eigenvalue weighted by Crippen LogP contribution is 2.24. The minimum Gasteiger partial charge on any atom is -0.475 e. The van der Waals surface area contributed by atoms with Gasteiger partial charge in [-0.3, -0.25) is 0 Å². The first kappa shape index (κ1) is 14.2.